The zero-order valence-corrected chi connectivity index (χ0v) is 15.0. The number of rotatable bonds is 2. The number of hydrogen-bond acceptors (Lipinski definition) is 1. The SMILES string of the molecule is CC1CCC([C@H]2C[C@H]3CCC(C2C2CCCCC2)N3C)CC1. The van der Waals surface area contributed by atoms with Crippen molar-refractivity contribution >= 4 is 0 Å². The third-order valence-corrected chi connectivity index (χ3v) is 8.24. The molecule has 22 heavy (non-hydrogen) atoms. The van der Waals surface area contributed by atoms with Crippen molar-refractivity contribution in [2.75, 3.05) is 7.05 Å². The Morgan fingerprint density at radius 2 is 1.45 bits per heavy atom. The summed E-state index contributed by atoms with van der Waals surface area (Å²) >= 11 is 0. The van der Waals surface area contributed by atoms with Gasteiger partial charge in [0.15, 0.2) is 0 Å². The van der Waals surface area contributed by atoms with Gasteiger partial charge in [0.1, 0.15) is 0 Å². The molecule has 1 heteroatoms. The molecule has 0 aromatic carbocycles. The monoisotopic (exact) mass is 303 g/mol. The van der Waals surface area contributed by atoms with Gasteiger partial charge >= 0.3 is 0 Å². The van der Waals surface area contributed by atoms with E-state index in [2.05, 4.69) is 18.9 Å². The molecule has 2 saturated heterocycles. The van der Waals surface area contributed by atoms with Crippen LogP contribution in [0.15, 0.2) is 0 Å². The maximum atomic E-state index is 2.82. The summed E-state index contributed by atoms with van der Waals surface area (Å²) < 4.78 is 0. The van der Waals surface area contributed by atoms with Crippen LogP contribution in [0.2, 0.25) is 0 Å². The third kappa shape index (κ3) is 2.76. The van der Waals surface area contributed by atoms with Crippen molar-refractivity contribution in [3.63, 3.8) is 0 Å². The predicted octanol–water partition coefficient (Wildman–Crippen LogP) is 5.49. The Bertz CT molecular complexity index is 364. The first-order valence-electron chi connectivity index (χ1n) is 10.5. The first-order valence-corrected chi connectivity index (χ1v) is 10.5. The van der Waals surface area contributed by atoms with E-state index < -0.39 is 0 Å². The Balaban J connectivity index is 1.54. The first-order chi connectivity index (χ1) is 10.7. The van der Waals surface area contributed by atoms with Gasteiger partial charge in [0.05, 0.1) is 0 Å². The highest BCUT2D eigenvalue weighted by Crippen LogP contribution is 2.52. The van der Waals surface area contributed by atoms with Gasteiger partial charge in [-0.3, -0.25) is 0 Å². The standard InChI is InChI=1S/C21H37N/c1-15-8-10-16(11-9-15)19-14-18-12-13-20(22(18)2)21(19)17-6-4-3-5-7-17/h15-21H,3-14H2,1-2H3/t15?,16?,18-,19-,20?,21?/m1/s1. The molecule has 2 unspecified atom stereocenters. The maximum Gasteiger partial charge on any atom is 0.0129 e. The second-order valence-electron chi connectivity index (χ2n) is 9.36. The highest BCUT2D eigenvalue weighted by Gasteiger charge is 2.50. The van der Waals surface area contributed by atoms with Crippen LogP contribution in [0.25, 0.3) is 0 Å². The van der Waals surface area contributed by atoms with E-state index in [1.54, 1.807) is 32.1 Å². The molecule has 4 aliphatic rings. The number of fused-ring (bicyclic) bond motifs is 2. The van der Waals surface area contributed by atoms with Crippen LogP contribution in [-0.4, -0.2) is 24.0 Å². The molecule has 2 bridgehead atoms. The van der Waals surface area contributed by atoms with E-state index in [0.717, 1.165) is 41.7 Å². The van der Waals surface area contributed by atoms with E-state index in [-0.39, 0.29) is 0 Å². The number of hydrogen-bond donors (Lipinski definition) is 0. The minimum atomic E-state index is 0.939. The van der Waals surface area contributed by atoms with Gasteiger partial charge in [0.2, 0.25) is 0 Å². The third-order valence-electron chi connectivity index (χ3n) is 8.24. The van der Waals surface area contributed by atoms with Crippen LogP contribution in [0, 0.1) is 29.6 Å². The van der Waals surface area contributed by atoms with Gasteiger partial charge in [0.25, 0.3) is 0 Å². The van der Waals surface area contributed by atoms with Crippen LogP contribution < -0.4 is 0 Å². The van der Waals surface area contributed by atoms with Gasteiger partial charge in [-0.15, -0.1) is 0 Å². The van der Waals surface area contributed by atoms with E-state index in [1.807, 2.05) is 0 Å². The molecule has 0 spiro atoms. The van der Waals surface area contributed by atoms with Gasteiger partial charge in [-0.05, 0) is 68.7 Å². The van der Waals surface area contributed by atoms with E-state index in [1.165, 1.54) is 44.9 Å². The second-order valence-corrected chi connectivity index (χ2v) is 9.36. The largest absolute Gasteiger partial charge is 0.300 e. The van der Waals surface area contributed by atoms with Crippen molar-refractivity contribution in [2.24, 2.45) is 29.6 Å². The topological polar surface area (TPSA) is 3.24 Å². The van der Waals surface area contributed by atoms with Crippen molar-refractivity contribution in [2.45, 2.75) is 96.1 Å². The Kier molecular flexibility index (Phi) is 4.55. The maximum absolute atomic E-state index is 2.82. The molecule has 0 aromatic heterocycles. The zero-order chi connectivity index (χ0) is 15.1. The molecule has 126 valence electrons. The first kappa shape index (κ1) is 15.5. The number of nitrogens with zero attached hydrogens (tertiary/aromatic N) is 1. The molecule has 2 aliphatic carbocycles. The summed E-state index contributed by atoms with van der Waals surface area (Å²) in [5.41, 5.74) is 0. The molecular weight excluding hydrogens is 266 g/mol. The van der Waals surface area contributed by atoms with Crippen molar-refractivity contribution in [3.05, 3.63) is 0 Å². The lowest BCUT2D eigenvalue weighted by molar-refractivity contribution is -0.0165. The number of piperidine rings is 1. The minimum Gasteiger partial charge on any atom is -0.300 e. The average Bonchev–Trinajstić information content (AvgIpc) is 2.79. The molecule has 4 atom stereocenters. The molecule has 0 N–H and O–H groups in total. The smallest absolute Gasteiger partial charge is 0.0129 e. The molecule has 0 amide bonds. The van der Waals surface area contributed by atoms with Crippen molar-refractivity contribution < 1.29 is 0 Å². The summed E-state index contributed by atoms with van der Waals surface area (Å²) in [4.78, 5) is 2.82. The van der Waals surface area contributed by atoms with E-state index in [9.17, 15) is 0 Å². The highest BCUT2D eigenvalue weighted by molar-refractivity contribution is 5.02. The molecule has 0 aromatic rings. The van der Waals surface area contributed by atoms with Crippen LogP contribution >= 0.6 is 0 Å². The van der Waals surface area contributed by atoms with Gasteiger partial charge in [-0.1, -0.05) is 51.9 Å². The van der Waals surface area contributed by atoms with Crippen molar-refractivity contribution in [1.82, 2.24) is 4.90 Å². The summed E-state index contributed by atoms with van der Waals surface area (Å²) in [5, 5.41) is 0. The van der Waals surface area contributed by atoms with Gasteiger partial charge in [-0.2, -0.15) is 0 Å². The fraction of sp³-hybridized carbons (Fsp3) is 1.00. The summed E-state index contributed by atoms with van der Waals surface area (Å²) in [6.07, 6.45) is 18.4. The summed E-state index contributed by atoms with van der Waals surface area (Å²) in [6, 6.07) is 1.89. The highest BCUT2D eigenvalue weighted by atomic mass is 15.2. The Morgan fingerprint density at radius 3 is 2.18 bits per heavy atom. The molecule has 2 saturated carbocycles. The Morgan fingerprint density at radius 1 is 0.727 bits per heavy atom. The lowest BCUT2D eigenvalue weighted by Gasteiger charge is -2.51. The van der Waals surface area contributed by atoms with Crippen LogP contribution in [0.5, 0.6) is 0 Å². The quantitative estimate of drug-likeness (QED) is 0.652. The predicted molar refractivity (Wildman–Crippen MR) is 93.9 cm³/mol. The Hall–Kier alpha value is -0.0400. The van der Waals surface area contributed by atoms with E-state index in [0.29, 0.717) is 0 Å². The van der Waals surface area contributed by atoms with Gasteiger partial charge < -0.3 is 4.90 Å². The lowest BCUT2D eigenvalue weighted by Crippen LogP contribution is -2.51. The molecular formula is C21H37N. The zero-order valence-electron chi connectivity index (χ0n) is 15.0. The minimum absolute atomic E-state index is 0.939. The second kappa shape index (κ2) is 6.46. The van der Waals surface area contributed by atoms with Crippen molar-refractivity contribution in [1.29, 1.82) is 0 Å². The van der Waals surface area contributed by atoms with Gasteiger partial charge in [-0.25, -0.2) is 0 Å². The fourth-order valence-corrected chi connectivity index (χ4v) is 6.95. The summed E-state index contributed by atoms with van der Waals surface area (Å²) in [6.45, 7) is 2.48. The van der Waals surface area contributed by atoms with Crippen LogP contribution in [0.4, 0.5) is 0 Å². The molecule has 1 nitrogen and oxygen atoms in total. The summed E-state index contributed by atoms with van der Waals surface area (Å²) in [5.74, 6) is 5.31. The van der Waals surface area contributed by atoms with E-state index in [4.69, 9.17) is 0 Å². The fourth-order valence-electron chi connectivity index (χ4n) is 6.95. The van der Waals surface area contributed by atoms with Crippen LogP contribution in [0.1, 0.15) is 84.0 Å². The average molecular weight is 304 g/mol. The normalized spacial score (nSPS) is 47.7. The lowest BCUT2D eigenvalue weighted by atomic mass is 9.61. The van der Waals surface area contributed by atoms with E-state index >= 15 is 0 Å². The Labute approximate surface area is 138 Å². The molecule has 4 fully saturated rings. The molecule has 2 heterocycles. The van der Waals surface area contributed by atoms with Crippen LogP contribution in [-0.2, 0) is 0 Å². The molecule has 0 radical (unpaired) electrons. The van der Waals surface area contributed by atoms with Crippen molar-refractivity contribution in [3.8, 4) is 0 Å². The van der Waals surface area contributed by atoms with Crippen LogP contribution in [0.3, 0.4) is 0 Å². The van der Waals surface area contributed by atoms with Gasteiger partial charge in [0, 0.05) is 12.1 Å². The molecule has 4 rings (SSSR count). The summed E-state index contributed by atoms with van der Waals surface area (Å²) in [7, 11) is 2.46. The molecule has 2 aliphatic heterocycles.